The summed E-state index contributed by atoms with van der Waals surface area (Å²) in [6.07, 6.45) is 82.3. The number of esters is 4. The third-order valence-electron chi connectivity index (χ3n) is 17.5. The quantitative estimate of drug-likeness (QED) is 0.0169. The van der Waals surface area contributed by atoms with E-state index in [1.165, 1.54) is 116 Å². The molecule has 0 aromatic heterocycles. The molecule has 19 heteroatoms. The molecule has 0 aliphatic carbocycles. The van der Waals surface area contributed by atoms with Gasteiger partial charge in [-0.15, -0.1) is 0 Å². The minimum atomic E-state index is -4.99. The van der Waals surface area contributed by atoms with Crippen molar-refractivity contribution in [2.75, 3.05) is 39.6 Å². The highest BCUT2D eigenvalue weighted by Crippen LogP contribution is 2.45. The van der Waals surface area contributed by atoms with Gasteiger partial charge in [-0.25, -0.2) is 9.13 Å². The van der Waals surface area contributed by atoms with Gasteiger partial charge in [-0.1, -0.05) is 285 Å². The van der Waals surface area contributed by atoms with E-state index in [1.54, 1.807) is 0 Å². The third kappa shape index (κ3) is 76.2. The van der Waals surface area contributed by atoms with Crippen LogP contribution in [0.15, 0.2) is 97.2 Å². The highest BCUT2D eigenvalue weighted by atomic mass is 31.2. The first-order valence-corrected chi connectivity index (χ1v) is 44.5. The van der Waals surface area contributed by atoms with E-state index in [0.717, 1.165) is 167 Å². The van der Waals surface area contributed by atoms with Crippen molar-refractivity contribution < 1.29 is 80.2 Å². The largest absolute Gasteiger partial charge is 0.472 e. The molecule has 0 heterocycles. The van der Waals surface area contributed by atoms with Gasteiger partial charge in [0.2, 0.25) is 0 Å². The number of ether oxygens (including phenoxy) is 4. The van der Waals surface area contributed by atoms with Gasteiger partial charge < -0.3 is 33.8 Å². The van der Waals surface area contributed by atoms with Gasteiger partial charge in [0.15, 0.2) is 12.2 Å². The van der Waals surface area contributed by atoms with Gasteiger partial charge in [0, 0.05) is 25.7 Å². The zero-order valence-electron chi connectivity index (χ0n) is 65.9. The maximum Gasteiger partial charge on any atom is 0.472 e. The lowest BCUT2D eigenvalue weighted by Gasteiger charge is -2.21. The van der Waals surface area contributed by atoms with E-state index < -0.39 is 97.5 Å². The SMILES string of the molecule is CC/C=C\C/C=C\C/C=C\C/C=C\C/C=C\CCCCCC(=O)OC[C@H](COP(=O)(O)OCC(O)COP(=O)(O)OC[C@@H](COC(=O)CCCCCCCCC/C=C\CCCCCC)OC(=O)CCCCCCC/C=C\CCCCCCCC)OC(=O)CCCCCCC/C=C\CCCCCCCC. The number of carbonyl (C=O) groups is 4. The molecule has 0 spiro atoms. The van der Waals surface area contributed by atoms with Crippen LogP contribution < -0.4 is 0 Å². The number of allylic oxidation sites excluding steroid dienone is 16. The van der Waals surface area contributed by atoms with E-state index in [4.69, 9.17) is 37.0 Å². The summed E-state index contributed by atoms with van der Waals surface area (Å²) >= 11 is 0. The van der Waals surface area contributed by atoms with Crippen LogP contribution in [0.25, 0.3) is 0 Å². The molecule has 0 aliphatic rings. The Bertz CT molecular complexity index is 2350. The summed E-state index contributed by atoms with van der Waals surface area (Å²) in [6, 6.07) is 0. The monoisotopic (exact) mass is 1510 g/mol. The second-order valence-electron chi connectivity index (χ2n) is 27.7. The lowest BCUT2D eigenvalue weighted by atomic mass is 10.1. The second-order valence-corrected chi connectivity index (χ2v) is 30.6. The zero-order valence-corrected chi connectivity index (χ0v) is 67.7. The molecule has 5 atom stereocenters. The predicted molar refractivity (Wildman–Crippen MR) is 427 cm³/mol. The topological polar surface area (TPSA) is 237 Å². The van der Waals surface area contributed by atoms with Gasteiger partial charge in [-0.05, 0) is 148 Å². The standard InChI is InChI=1S/C85H150O17P2/c1-5-9-13-17-21-25-29-33-37-38-39-40-44-46-50-54-58-62-66-70-83(88)96-76-81(102-85(90)72-68-64-60-56-52-48-43-36-32-28-24-20-16-12-8-4)78-100-104(93,94)98-74-79(86)73-97-103(91,92)99-77-80(101-84(89)71-67-63-59-55-51-47-42-35-31-27-23-19-15-11-7-3)75-95-82(87)69-65-61-57-53-49-45-41-34-30-26-22-18-14-10-6-2/h9,13,21,25-26,30,33,35-37,39-40,42-43,46,50,79-81,86H,5-8,10-12,14-20,22-24,27-29,31-32,34,38,41,44-45,47-49,51-78H2,1-4H3,(H,91,92)(H,93,94)/b13-9-,25-21-,30-26-,37-33-,40-39-,42-35-,43-36-,50-46-/t79?,80-,81-/m1/s1. The number of hydrogen-bond acceptors (Lipinski definition) is 15. The Kier molecular flexibility index (Phi) is 74.2. The number of hydrogen-bond donors (Lipinski definition) is 3. The van der Waals surface area contributed by atoms with E-state index in [1.807, 2.05) is 0 Å². The molecule has 0 radical (unpaired) electrons. The van der Waals surface area contributed by atoms with Gasteiger partial charge in [-0.2, -0.15) is 0 Å². The first kappa shape index (κ1) is 100.0. The Morgan fingerprint density at radius 3 is 0.798 bits per heavy atom. The number of phosphoric ester groups is 2. The fourth-order valence-corrected chi connectivity index (χ4v) is 12.8. The minimum Gasteiger partial charge on any atom is -0.462 e. The summed E-state index contributed by atoms with van der Waals surface area (Å²) in [5, 5.41) is 10.7. The molecule has 17 nitrogen and oxygen atoms in total. The van der Waals surface area contributed by atoms with Crippen molar-refractivity contribution in [2.24, 2.45) is 0 Å². The van der Waals surface area contributed by atoms with Crippen molar-refractivity contribution in [3.63, 3.8) is 0 Å². The highest BCUT2D eigenvalue weighted by molar-refractivity contribution is 7.47. The average molecular weight is 1510 g/mol. The number of carbonyl (C=O) groups excluding carboxylic acids is 4. The van der Waals surface area contributed by atoms with Gasteiger partial charge in [0.1, 0.15) is 19.3 Å². The number of phosphoric acid groups is 2. The average Bonchev–Trinajstić information content (AvgIpc) is 0.918. The van der Waals surface area contributed by atoms with E-state index in [2.05, 4.69) is 125 Å². The lowest BCUT2D eigenvalue weighted by molar-refractivity contribution is -0.161. The number of aliphatic hydroxyl groups is 1. The number of rotatable bonds is 78. The van der Waals surface area contributed by atoms with Crippen LogP contribution in [0, 0.1) is 0 Å². The fourth-order valence-electron chi connectivity index (χ4n) is 11.2. The van der Waals surface area contributed by atoms with Gasteiger partial charge >= 0.3 is 39.5 Å². The van der Waals surface area contributed by atoms with Crippen molar-refractivity contribution in [3.8, 4) is 0 Å². The summed E-state index contributed by atoms with van der Waals surface area (Å²) < 4.78 is 68.7. The first-order valence-electron chi connectivity index (χ1n) is 41.5. The molecular formula is C85H150O17P2. The molecular weight excluding hydrogens is 1350 g/mol. The zero-order chi connectivity index (χ0) is 76.0. The molecule has 3 unspecified atom stereocenters. The van der Waals surface area contributed by atoms with E-state index >= 15 is 0 Å². The predicted octanol–water partition coefficient (Wildman–Crippen LogP) is 24.3. The molecule has 0 aromatic carbocycles. The van der Waals surface area contributed by atoms with Crippen LogP contribution >= 0.6 is 15.6 Å². The molecule has 0 amide bonds. The van der Waals surface area contributed by atoms with Crippen LogP contribution in [0.4, 0.5) is 0 Å². The maximum atomic E-state index is 13.1. The number of aliphatic hydroxyl groups excluding tert-OH is 1. The molecule has 0 fully saturated rings. The number of unbranched alkanes of at least 4 members (excludes halogenated alkanes) is 36. The molecule has 0 aliphatic heterocycles. The van der Waals surface area contributed by atoms with Crippen molar-refractivity contribution in [1.82, 2.24) is 0 Å². The lowest BCUT2D eigenvalue weighted by Crippen LogP contribution is -2.30. The van der Waals surface area contributed by atoms with Crippen molar-refractivity contribution >= 4 is 39.5 Å². The third-order valence-corrected chi connectivity index (χ3v) is 19.4. The summed E-state index contributed by atoms with van der Waals surface area (Å²) in [4.78, 5) is 73.1. The molecule has 0 saturated carbocycles. The summed E-state index contributed by atoms with van der Waals surface area (Å²) in [7, 11) is -9.97. The van der Waals surface area contributed by atoms with Gasteiger partial charge in [0.05, 0.1) is 26.4 Å². The molecule has 0 aromatic rings. The smallest absolute Gasteiger partial charge is 0.462 e. The molecule has 0 saturated heterocycles. The normalized spacial score (nSPS) is 14.3. The van der Waals surface area contributed by atoms with Crippen LogP contribution in [0.5, 0.6) is 0 Å². The Balaban J connectivity index is 5.39. The summed E-state index contributed by atoms with van der Waals surface area (Å²) in [5.74, 6) is -2.21. The maximum absolute atomic E-state index is 13.1. The van der Waals surface area contributed by atoms with Crippen LogP contribution in [-0.4, -0.2) is 96.7 Å². The molecule has 0 bridgehead atoms. The second kappa shape index (κ2) is 77.1. The van der Waals surface area contributed by atoms with Gasteiger partial charge in [-0.3, -0.25) is 37.3 Å². The van der Waals surface area contributed by atoms with E-state index in [0.29, 0.717) is 25.7 Å². The fraction of sp³-hybridized carbons (Fsp3) is 0.765. The molecule has 602 valence electrons. The Morgan fingerprint density at radius 2 is 0.500 bits per heavy atom. The van der Waals surface area contributed by atoms with Crippen molar-refractivity contribution in [3.05, 3.63) is 97.2 Å². The summed E-state index contributed by atoms with van der Waals surface area (Å²) in [5.41, 5.74) is 0. The van der Waals surface area contributed by atoms with E-state index in [9.17, 15) is 43.2 Å². The highest BCUT2D eigenvalue weighted by Gasteiger charge is 2.30. The molecule has 104 heavy (non-hydrogen) atoms. The summed E-state index contributed by atoms with van der Waals surface area (Å²) in [6.45, 7) is 4.73. The Labute approximate surface area is 633 Å². The molecule has 3 N–H and O–H groups in total. The van der Waals surface area contributed by atoms with Gasteiger partial charge in [0.25, 0.3) is 0 Å². The van der Waals surface area contributed by atoms with Crippen LogP contribution in [-0.2, 0) is 65.4 Å². The van der Waals surface area contributed by atoms with Crippen LogP contribution in [0.3, 0.4) is 0 Å². The Hall–Kier alpha value is -4.02. The molecule has 0 rings (SSSR count). The van der Waals surface area contributed by atoms with Crippen LogP contribution in [0.2, 0.25) is 0 Å². The van der Waals surface area contributed by atoms with E-state index in [-0.39, 0.29) is 25.7 Å². The minimum absolute atomic E-state index is 0.0776. The van der Waals surface area contributed by atoms with Crippen LogP contribution in [0.1, 0.15) is 362 Å². The first-order chi connectivity index (χ1) is 50.7. The Morgan fingerprint density at radius 1 is 0.279 bits per heavy atom. The van der Waals surface area contributed by atoms with Crippen molar-refractivity contribution in [1.29, 1.82) is 0 Å². The van der Waals surface area contributed by atoms with Crippen molar-refractivity contribution in [2.45, 2.75) is 380 Å².